The number of H-pyrrole nitrogens is 1. The number of phosphoric acid groups is 1. The Labute approximate surface area is 316 Å². The monoisotopic (exact) mass is 775 g/mol. The van der Waals surface area contributed by atoms with Gasteiger partial charge in [-0.15, -0.1) is 0 Å². The van der Waals surface area contributed by atoms with Crippen LogP contribution in [-0.4, -0.2) is 56.7 Å². The molecule has 0 radical (unpaired) electrons. The Morgan fingerprint density at radius 1 is 0.981 bits per heavy atom. The number of methoxy groups -OCH3 is 1. The maximum atomic E-state index is 12.6. The molecule has 2 unspecified atom stereocenters. The second-order valence-corrected chi connectivity index (χ2v) is 14.1. The lowest BCUT2D eigenvalue weighted by Crippen LogP contribution is -2.51. The van der Waals surface area contributed by atoms with Crippen molar-refractivity contribution in [1.82, 2.24) is 9.55 Å². The van der Waals surface area contributed by atoms with Crippen molar-refractivity contribution in [3.05, 3.63) is 164 Å². The van der Waals surface area contributed by atoms with Crippen molar-refractivity contribution in [2.24, 2.45) is 0 Å². The average Bonchev–Trinajstić information content (AvgIpc) is 3.56. The number of benzene rings is 4. The van der Waals surface area contributed by atoms with Crippen molar-refractivity contribution >= 4 is 19.4 Å². The summed E-state index contributed by atoms with van der Waals surface area (Å²) in [4.78, 5) is 36.0. The second-order valence-electron chi connectivity index (χ2n) is 12.3. The van der Waals surface area contributed by atoms with E-state index in [4.69, 9.17) is 30.9 Å². The number of hydrogen-bond donors (Lipinski definition) is 4. The quantitative estimate of drug-likeness (QED) is 0.0696. The zero-order valence-electron chi connectivity index (χ0n) is 29.3. The predicted octanol–water partition coefficient (Wildman–Crippen LogP) is 5.65. The molecule has 6 rings (SSSR count). The van der Waals surface area contributed by atoms with Crippen LogP contribution in [0, 0.1) is 18.3 Å². The minimum absolute atomic E-state index is 0.0103. The minimum Gasteiger partial charge on any atom is -0.497 e. The van der Waals surface area contributed by atoms with Crippen LogP contribution in [0.25, 0.3) is 0 Å². The topological polar surface area (TPSA) is 193 Å². The molecule has 0 aliphatic carbocycles. The molecular formula is C39H39ClN3O10P. The van der Waals surface area contributed by atoms with E-state index >= 15 is 0 Å². The van der Waals surface area contributed by atoms with E-state index < -0.39 is 49.0 Å². The number of aryl methyl sites for hydroxylation is 1. The number of hydrogen-bond acceptors (Lipinski definition) is 10. The Morgan fingerprint density at radius 3 is 2.13 bits per heavy atom. The first-order valence-corrected chi connectivity index (χ1v) is 18.7. The first kappa shape index (κ1) is 40.2. The summed E-state index contributed by atoms with van der Waals surface area (Å²) < 4.78 is 33.5. The van der Waals surface area contributed by atoms with Crippen LogP contribution in [0.3, 0.4) is 0 Å². The normalized spacial score (nSPS) is 18.4. The van der Waals surface area contributed by atoms with Crippen LogP contribution in [0.15, 0.2) is 125 Å². The summed E-state index contributed by atoms with van der Waals surface area (Å²) in [6.07, 6.45) is -2.78. The number of nitriles is 1. The highest BCUT2D eigenvalue weighted by Crippen LogP contribution is 2.47. The number of aliphatic hydroxyl groups excluding tert-OH is 2. The molecule has 5 atom stereocenters. The Hall–Kier alpha value is -5.03. The van der Waals surface area contributed by atoms with Crippen molar-refractivity contribution in [3.8, 4) is 17.6 Å². The molecule has 1 aromatic heterocycles. The molecule has 0 amide bonds. The SMILES string of the molecule is COc1ccc(C(c2ccccc2)(c2ccccc2)C(O)[C@H]2O[C@@H](n3cc(C)c(=O)[nH]c3=O)C[C@@H]2O)cc1.N#CCCOP(=O)(O)Oc1ccccc1Cl. The molecule has 0 bridgehead atoms. The smallest absolute Gasteiger partial charge is 0.497 e. The Balaban J connectivity index is 0.000000294. The summed E-state index contributed by atoms with van der Waals surface area (Å²) in [6.45, 7) is 1.42. The van der Waals surface area contributed by atoms with E-state index in [1.807, 2.05) is 84.9 Å². The van der Waals surface area contributed by atoms with Gasteiger partial charge in [0.2, 0.25) is 0 Å². The van der Waals surface area contributed by atoms with E-state index in [-0.39, 0.29) is 30.2 Å². The lowest BCUT2D eigenvalue weighted by atomic mass is 9.64. The van der Waals surface area contributed by atoms with Gasteiger partial charge in [-0.05, 0) is 47.9 Å². The second kappa shape index (κ2) is 17.9. The minimum atomic E-state index is -4.21. The third-order valence-electron chi connectivity index (χ3n) is 8.87. The molecule has 0 spiro atoms. The van der Waals surface area contributed by atoms with Crippen LogP contribution in [0.2, 0.25) is 5.02 Å². The largest absolute Gasteiger partial charge is 0.527 e. The van der Waals surface area contributed by atoms with E-state index in [1.54, 1.807) is 32.2 Å². The fourth-order valence-electron chi connectivity index (χ4n) is 6.32. The summed E-state index contributed by atoms with van der Waals surface area (Å²) in [5, 5.41) is 31.9. The van der Waals surface area contributed by atoms with Gasteiger partial charge in [0.1, 0.15) is 29.9 Å². The molecule has 2 heterocycles. The van der Waals surface area contributed by atoms with Crippen molar-refractivity contribution in [1.29, 1.82) is 5.26 Å². The Bertz CT molecular complexity index is 2170. The zero-order chi connectivity index (χ0) is 38.9. The first-order chi connectivity index (χ1) is 25.9. The van der Waals surface area contributed by atoms with Gasteiger partial charge in [-0.25, -0.2) is 9.36 Å². The van der Waals surface area contributed by atoms with Crippen LogP contribution >= 0.6 is 19.4 Å². The van der Waals surface area contributed by atoms with Gasteiger partial charge < -0.3 is 24.2 Å². The van der Waals surface area contributed by atoms with Gasteiger partial charge in [-0.3, -0.25) is 23.8 Å². The molecule has 13 nitrogen and oxygen atoms in total. The molecular weight excluding hydrogens is 737 g/mol. The van der Waals surface area contributed by atoms with Crippen LogP contribution in [0.1, 0.15) is 41.3 Å². The van der Waals surface area contributed by atoms with Crippen LogP contribution in [-0.2, 0) is 19.2 Å². The third-order valence-corrected chi connectivity index (χ3v) is 10.1. The molecule has 5 aromatic rings. The number of aliphatic hydroxyl groups is 2. The summed E-state index contributed by atoms with van der Waals surface area (Å²) in [5.41, 5.74) is 0.475. The van der Waals surface area contributed by atoms with Gasteiger partial charge in [0.25, 0.3) is 5.56 Å². The summed E-state index contributed by atoms with van der Waals surface area (Å²) in [7, 11) is -2.61. The number of phosphoric ester groups is 1. The van der Waals surface area contributed by atoms with E-state index in [0.717, 1.165) is 16.7 Å². The van der Waals surface area contributed by atoms with Crippen molar-refractivity contribution in [2.45, 2.75) is 49.7 Å². The lowest BCUT2D eigenvalue weighted by Gasteiger charge is -2.42. The van der Waals surface area contributed by atoms with Gasteiger partial charge in [0.15, 0.2) is 0 Å². The molecule has 4 aromatic carbocycles. The van der Waals surface area contributed by atoms with Gasteiger partial charge in [-0.1, -0.05) is 96.5 Å². The average molecular weight is 776 g/mol. The standard InChI is InChI=1S/C30H30N2O6.C9H9ClNO4P/c1-19-18-32(29(36)31-28(19)35)25-17-24(33)26(38-25)27(34)30(20-9-5-3-6-10-20,21-11-7-4-8-12-21)22-13-15-23(37-2)16-14-22;10-8-4-1-2-5-9(8)15-16(12,13)14-7-3-6-11/h3-16,18,24-27,33-34H,17H2,1-2H3,(H,31,35,36);1-2,4-5H,3,7H2,(H,12,13)/t24-,25+,26-,27?;/m0./s1. The maximum Gasteiger partial charge on any atom is 0.527 e. The highest BCUT2D eigenvalue weighted by Gasteiger charge is 2.52. The van der Waals surface area contributed by atoms with Crippen LogP contribution in [0.5, 0.6) is 11.5 Å². The lowest BCUT2D eigenvalue weighted by molar-refractivity contribution is -0.0976. The molecule has 54 heavy (non-hydrogen) atoms. The Morgan fingerprint density at radius 2 is 1.56 bits per heavy atom. The first-order valence-electron chi connectivity index (χ1n) is 16.8. The molecule has 4 N–H and O–H groups in total. The number of aromatic amines is 1. The number of ether oxygens (including phenoxy) is 2. The van der Waals surface area contributed by atoms with E-state index in [9.17, 15) is 29.3 Å². The molecule has 1 saturated heterocycles. The fraction of sp³-hybridized carbons (Fsp3) is 0.256. The maximum absolute atomic E-state index is 12.6. The summed E-state index contributed by atoms with van der Waals surface area (Å²) >= 11 is 5.73. The molecule has 282 valence electrons. The number of aromatic nitrogens is 2. The molecule has 1 aliphatic heterocycles. The zero-order valence-corrected chi connectivity index (χ0v) is 31.0. The van der Waals surface area contributed by atoms with Gasteiger partial charge in [0.05, 0.1) is 42.7 Å². The van der Waals surface area contributed by atoms with E-state index in [1.165, 1.54) is 22.9 Å². The molecule has 1 fully saturated rings. The van der Waals surface area contributed by atoms with Crippen molar-refractivity contribution < 1.29 is 38.2 Å². The number of para-hydroxylation sites is 1. The molecule has 0 saturated carbocycles. The summed E-state index contributed by atoms with van der Waals surface area (Å²) in [6, 6.07) is 34.7. The third kappa shape index (κ3) is 9.01. The highest BCUT2D eigenvalue weighted by molar-refractivity contribution is 7.47. The number of nitrogens with one attached hydrogen (secondary N) is 1. The fourth-order valence-corrected chi connectivity index (χ4v) is 7.33. The van der Waals surface area contributed by atoms with E-state index in [2.05, 4.69) is 9.51 Å². The molecule has 1 aliphatic rings. The Kier molecular flexibility index (Phi) is 13.3. The summed E-state index contributed by atoms with van der Waals surface area (Å²) in [5.74, 6) is 0.732. The number of rotatable bonds is 12. The van der Waals surface area contributed by atoms with Crippen LogP contribution in [0.4, 0.5) is 0 Å². The number of halogens is 1. The molecule has 15 heteroatoms. The predicted molar refractivity (Wildman–Crippen MR) is 200 cm³/mol. The highest BCUT2D eigenvalue weighted by atomic mass is 35.5. The van der Waals surface area contributed by atoms with Gasteiger partial charge in [0, 0.05) is 18.2 Å². The van der Waals surface area contributed by atoms with Gasteiger partial charge >= 0.3 is 13.5 Å². The number of nitrogens with zero attached hydrogens (tertiary/aromatic N) is 2. The van der Waals surface area contributed by atoms with Crippen LogP contribution < -0.4 is 20.5 Å². The van der Waals surface area contributed by atoms with Gasteiger partial charge in [-0.2, -0.15) is 5.26 Å². The van der Waals surface area contributed by atoms with Crippen molar-refractivity contribution in [2.75, 3.05) is 13.7 Å². The van der Waals surface area contributed by atoms with E-state index in [0.29, 0.717) is 11.3 Å². The van der Waals surface area contributed by atoms with Crippen molar-refractivity contribution in [3.63, 3.8) is 0 Å².